The highest BCUT2D eigenvalue weighted by Gasteiger charge is 2.13. The van der Waals surface area contributed by atoms with Gasteiger partial charge in [0.1, 0.15) is 11.4 Å². The van der Waals surface area contributed by atoms with E-state index in [1.165, 1.54) is 7.11 Å². The first-order valence-corrected chi connectivity index (χ1v) is 8.32. The summed E-state index contributed by atoms with van der Waals surface area (Å²) in [6.45, 7) is 1.86. The standard InChI is InChI=1S/C18H17ClN4O3/c1-11-9-14(15(25-2)10-12(11)19)21-16(24)6-7-17-22-18(23-26-17)13-5-3-4-8-20-13/h3-5,8-10H,6-7H2,1-2H3,(H,21,24). The van der Waals surface area contributed by atoms with Crippen LogP contribution in [0.3, 0.4) is 0 Å². The van der Waals surface area contributed by atoms with Crippen LogP contribution in [-0.4, -0.2) is 28.1 Å². The van der Waals surface area contributed by atoms with Crippen molar-refractivity contribution in [2.45, 2.75) is 19.8 Å². The zero-order valence-corrected chi connectivity index (χ0v) is 15.1. The van der Waals surface area contributed by atoms with Crippen LogP contribution in [0.5, 0.6) is 5.75 Å². The number of nitrogens with one attached hydrogen (secondary N) is 1. The second-order valence-corrected chi connectivity index (χ2v) is 5.98. The van der Waals surface area contributed by atoms with Crippen molar-refractivity contribution in [3.63, 3.8) is 0 Å². The van der Waals surface area contributed by atoms with Gasteiger partial charge in [0.25, 0.3) is 0 Å². The summed E-state index contributed by atoms with van der Waals surface area (Å²) in [5, 5.41) is 7.27. The molecule has 0 aliphatic rings. The molecule has 0 saturated carbocycles. The molecule has 8 heteroatoms. The molecule has 0 fully saturated rings. The van der Waals surface area contributed by atoms with E-state index in [4.69, 9.17) is 20.9 Å². The first-order valence-electron chi connectivity index (χ1n) is 7.95. The molecule has 0 aliphatic heterocycles. The van der Waals surface area contributed by atoms with Crippen LogP contribution in [0.25, 0.3) is 11.5 Å². The van der Waals surface area contributed by atoms with Crippen molar-refractivity contribution in [2.75, 3.05) is 12.4 Å². The quantitative estimate of drug-likeness (QED) is 0.709. The van der Waals surface area contributed by atoms with E-state index in [0.29, 0.717) is 40.3 Å². The molecular weight excluding hydrogens is 356 g/mol. The molecule has 2 aromatic heterocycles. The highest BCUT2D eigenvalue weighted by Crippen LogP contribution is 2.31. The van der Waals surface area contributed by atoms with E-state index in [-0.39, 0.29) is 12.3 Å². The van der Waals surface area contributed by atoms with Crippen molar-refractivity contribution in [2.24, 2.45) is 0 Å². The fraction of sp³-hybridized carbons (Fsp3) is 0.222. The molecule has 0 atom stereocenters. The number of rotatable bonds is 6. The monoisotopic (exact) mass is 372 g/mol. The predicted molar refractivity (Wildman–Crippen MR) is 97.2 cm³/mol. The van der Waals surface area contributed by atoms with Crippen LogP contribution in [0.2, 0.25) is 5.02 Å². The predicted octanol–water partition coefficient (Wildman–Crippen LogP) is 3.67. The van der Waals surface area contributed by atoms with Crippen LogP contribution in [0, 0.1) is 6.92 Å². The molecule has 0 spiro atoms. The normalized spacial score (nSPS) is 10.6. The molecule has 2 heterocycles. The number of carbonyl (C=O) groups excluding carboxylic acids is 1. The third-order valence-corrected chi connectivity index (χ3v) is 4.09. The van der Waals surface area contributed by atoms with E-state index in [2.05, 4.69) is 20.4 Å². The van der Waals surface area contributed by atoms with Crippen molar-refractivity contribution in [1.82, 2.24) is 15.1 Å². The number of aromatic nitrogens is 3. The van der Waals surface area contributed by atoms with E-state index >= 15 is 0 Å². The Hall–Kier alpha value is -2.93. The third kappa shape index (κ3) is 4.18. The Morgan fingerprint density at radius 1 is 1.35 bits per heavy atom. The Labute approximate surface area is 155 Å². The second-order valence-electron chi connectivity index (χ2n) is 5.58. The molecule has 134 valence electrons. The number of nitrogens with zero attached hydrogens (tertiary/aromatic N) is 3. The Morgan fingerprint density at radius 2 is 2.19 bits per heavy atom. The number of hydrogen-bond acceptors (Lipinski definition) is 6. The summed E-state index contributed by atoms with van der Waals surface area (Å²) in [6, 6.07) is 8.87. The van der Waals surface area contributed by atoms with Crippen molar-refractivity contribution < 1.29 is 14.1 Å². The van der Waals surface area contributed by atoms with E-state index in [0.717, 1.165) is 5.56 Å². The molecular formula is C18H17ClN4O3. The number of ether oxygens (including phenoxy) is 1. The lowest BCUT2D eigenvalue weighted by Crippen LogP contribution is -2.13. The third-order valence-electron chi connectivity index (χ3n) is 3.68. The lowest BCUT2D eigenvalue weighted by molar-refractivity contribution is -0.116. The zero-order chi connectivity index (χ0) is 18.5. The molecule has 0 radical (unpaired) electrons. The van der Waals surface area contributed by atoms with E-state index < -0.39 is 0 Å². The summed E-state index contributed by atoms with van der Waals surface area (Å²) in [5.41, 5.74) is 2.03. The van der Waals surface area contributed by atoms with Crippen LogP contribution in [-0.2, 0) is 11.2 Å². The van der Waals surface area contributed by atoms with Crippen LogP contribution >= 0.6 is 11.6 Å². The molecule has 1 N–H and O–H groups in total. The van der Waals surface area contributed by atoms with Gasteiger partial charge in [0, 0.05) is 30.1 Å². The van der Waals surface area contributed by atoms with Gasteiger partial charge in [-0.15, -0.1) is 0 Å². The fourth-order valence-corrected chi connectivity index (χ4v) is 2.47. The molecule has 3 aromatic rings. The fourth-order valence-electron chi connectivity index (χ4n) is 2.32. The number of carbonyl (C=O) groups is 1. The average Bonchev–Trinajstić information content (AvgIpc) is 3.12. The number of amides is 1. The lowest BCUT2D eigenvalue weighted by atomic mass is 10.2. The summed E-state index contributed by atoms with van der Waals surface area (Å²) < 4.78 is 10.4. The number of anilines is 1. The maximum Gasteiger partial charge on any atom is 0.227 e. The van der Waals surface area contributed by atoms with Crippen molar-refractivity contribution in [3.8, 4) is 17.3 Å². The molecule has 3 rings (SSSR count). The second kappa shape index (κ2) is 7.97. The summed E-state index contributed by atoms with van der Waals surface area (Å²) in [5.74, 6) is 1.09. The van der Waals surface area contributed by atoms with Gasteiger partial charge in [0.2, 0.25) is 17.6 Å². The highest BCUT2D eigenvalue weighted by molar-refractivity contribution is 6.31. The van der Waals surface area contributed by atoms with E-state index in [1.54, 1.807) is 24.4 Å². The summed E-state index contributed by atoms with van der Waals surface area (Å²) in [4.78, 5) is 20.6. The number of hydrogen-bond donors (Lipinski definition) is 1. The maximum absolute atomic E-state index is 12.2. The Kier molecular flexibility index (Phi) is 5.48. The van der Waals surface area contributed by atoms with Gasteiger partial charge in [0.15, 0.2) is 0 Å². The van der Waals surface area contributed by atoms with Gasteiger partial charge in [-0.3, -0.25) is 9.78 Å². The van der Waals surface area contributed by atoms with Crippen LogP contribution in [0.1, 0.15) is 17.9 Å². The summed E-state index contributed by atoms with van der Waals surface area (Å²) >= 11 is 6.07. The summed E-state index contributed by atoms with van der Waals surface area (Å²) in [7, 11) is 1.52. The number of halogens is 1. The maximum atomic E-state index is 12.2. The van der Waals surface area contributed by atoms with E-state index in [9.17, 15) is 4.79 Å². The smallest absolute Gasteiger partial charge is 0.227 e. The van der Waals surface area contributed by atoms with Gasteiger partial charge in [-0.1, -0.05) is 22.8 Å². The van der Waals surface area contributed by atoms with Crippen LogP contribution in [0.15, 0.2) is 41.1 Å². The average molecular weight is 373 g/mol. The number of aryl methyl sites for hydroxylation is 2. The van der Waals surface area contributed by atoms with Gasteiger partial charge < -0.3 is 14.6 Å². The van der Waals surface area contributed by atoms with Crippen molar-refractivity contribution in [3.05, 3.63) is 53.0 Å². The molecule has 1 aromatic carbocycles. The van der Waals surface area contributed by atoms with E-state index in [1.807, 2.05) is 19.1 Å². The number of methoxy groups -OCH3 is 1. The number of pyridine rings is 1. The minimum absolute atomic E-state index is 0.189. The zero-order valence-electron chi connectivity index (χ0n) is 14.3. The van der Waals surface area contributed by atoms with Gasteiger partial charge in [-0.2, -0.15) is 4.98 Å². The van der Waals surface area contributed by atoms with Crippen molar-refractivity contribution >= 4 is 23.2 Å². The van der Waals surface area contributed by atoms with Gasteiger partial charge in [-0.05, 0) is 30.7 Å². The Bertz CT molecular complexity index is 912. The molecule has 1 amide bonds. The molecule has 0 bridgehead atoms. The molecule has 0 unspecified atom stereocenters. The largest absolute Gasteiger partial charge is 0.495 e. The molecule has 7 nitrogen and oxygen atoms in total. The molecule has 0 aliphatic carbocycles. The first kappa shape index (κ1) is 17.9. The van der Waals surface area contributed by atoms with Crippen LogP contribution in [0.4, 0.5) is 5.69 Å². The van der Waals surface area contributed by atoms with Crippen molar-refractivity contribution in [1.29, 1.82) is 0 Å². The van der Waals surface area contributed by atoms with Gasteiger partial charge >= 0.3 is 0 Å². The Balaban J connectivity index is 1.62. The van der Waals surface area contributed by atoms with Crippen LogP contribution < -0.4 is 10.1 Å². The number of benzene rings is 1. The topological polar surface area (TPSA) is 90.1 Å². The molecule has 26 heavy (non-hydrogen) atoms. The first-order chi connectivity index (χ1) is 12.6. The minimum Gasteiger partial charge on any atom is -0.495 e. The molecule has 0 saturated heterocycles. The van der Waals surface area contributed by atoms with Gasteiger partial charge in [0.05, 0.1) is 12.8 Å². The summed E-state index contributed by atoms with van der Waals surface area (Å²) in [6.07, 6.45) is 2.16. The SMILES string of the molecule is COc1cc(Cl)c(C)cc1NC(=O)CCc1nc(-c2ccccn2)no1. The minimum atomic E-state index is -0.192. The Morgan fingerprint density at radius 3 is 2.92 bits per heavy atom. The lowest BCUT2D eigenvalue weighted by Gasteiger charge is -2.12. The van der Waals surface area contributed by atoms with Gasteiger partial charge in [-0.25, -0.2) is 0 Å². The highest BCUT2D eigenvalue weighted by atomic mass is 35.5.